The molecular formula is C24H33N. The Labute approximate surface area is 154 Å². The van der Waals surface area contributed by atoms with Crippen LogP contribution >= 0.6 is 0 Å². The number of benzene rings is 2. The summed E-state index contributed by atoms with van der Waals surface area (Å²) < 4.78 is 0. The molecule has 0 amide bonds. The van der Waals surface area contributed by atoms with Gasteiger partial charge >= 0.3 is 0 Å². The molecule has 0 bridgehead atoms. The highest BCUT2D eigenvalue weighted by Crippen LogP contribution is 2.37. The number of anilines is 2. The van der Waals surface area contributed by atoms with Crippen molar-refractivity contribution in [2.24, 2.45) is 0 Å². The van der Waals surface area contributed by atoms with E-state index < -0.39 is 0 Å². The molecule has 0 aliphatic heterocycles. The predicted octanol–water partition coefficient (Wildman–Crippen LogP) is 7.04. The highest BCUT2D eigenvalue weighted by molar-refractivity contribution is 5.73. The van der Waals surface area contributed by atoms with Gasteiger partial charge in [-0.05, 0) is 98.9 Å². The fourth-order valence-electron chi connectivity index (χ4n) is 4.52. The van der Waals surface area contributed by atoms with Gasteiger partial charge in [-0.1, -0.05) is 31.4 Å². The number of hydrogen-bond acceptors (Lipinski definition) is 1. The molecule has 1 aliphatic rings. The molecule has 0 spiro atoms. The second kappa shape index (κ2) is 7.23. The van der Waals surface area contributed by atoms with E-state index in [4.69, 9.17) is 0 Å². The van der Waals surface area contributed by atoms with Gasteiger partial charge < -0.3 is 4.90 Å². The molecule has 0 aromatic heterocycles. The van der Waals surface area contributed by atoms with E-state index in [2.05, 4.69) is 70.8 Å². The van der Waals surface area contributed by atoms with Crippen LogP contribution in [0, 0.1) is 34.6 Å². The number of nitrogens with zero attached hydrogens (tertiary/aromatic N) is 1. The Morgan fingerprint density at radius 2 is 1.16 bits per heavy atom. The molecule has 0 N–H and O–H groups in total. The smallest absolute Gasteiger partial charge is 0.0473 e. The Hall–Kier alpha value is -1.76. The molecule has 0 atom stereocenters. The molecule has 1 heteroatoms. The molecule has 0 unspecified atom stereocenters. The van der Waals surface area contributed by atoms with Crippen LogP contribution in [0.1, 0.15) is 71.4 Å². The molecule has 2 aromatic carbocycles. The lowest BCUT2D eigenvalue weighted by atomic mass is 9.84. The van der Waals surface area contributed by atoms with Gasteiger partial charge in [0.05, 0.1) is 0 Å². The summed E-state index contributed by atoms with van der Waals surface area (Å²) in [7, 11) is 2.21. The summed E-state index contributed by atoms with van der Waals surface area (Å²) in [6.07, 6.45) is 6.94. The maximum atomic E-state index is 2.37. The maximum Gasteiger partial charge on any atom is 0.0473 e. The molecule has 2 aromatic rings. The van der Waals surface area contributed by atoms with Crippen molar-refractivity contribution >= 4 is 11.4 Å². The van der Waals surface area contributed by atoms with Crippen LogP contribution in [-0.2, 0) is 0 Å². The normalized spacial score (nSPS) is 15.4. The van der Waals surface area contributed by atoms with E-state index >= 15 is 0 Å². The van der Waals surface area contributed by atoms with Crippen LogP contribution in [0.25, 0.3) is 0 Å². The Morgan fingerprint density at radius 1 is 0.680 bits per heavy atom. The lowest BCUT2D eigenvalue weighted by Crippen LogP contribution is -2.15. The quantitative estimate of drug-likeness (QED) is 0.581. The van der Waals surface area contributed by atoms with Crippen LogP contribution in [-0.4, -0.2) is 7.05 Å². The fraction of sp³-hybridized carbons (Fsp3) is 0.500. The topological polar surface area (TPSA) is 3.24 Å². The maximum absolute atomic E-state index is 2.37. The molecule has 1 fully saturated rings. The summed E-state index contributed by atoms with van der Waals surface area (Å²) in [6.45, 7) is 11.3. The van der Waals surface area contributed by atoms with Crippen LogP contribution in [0.4, 0.5) is 11.4 Å². The molecule has 1 saturated carbocycles. The zero-order chi connectivity index (χ0) is 18.1. The van der Waals surface area contributed by atoms with Crippen molar-refractivity contribution in [1.29, 1.82) is 0 Å². The van der Waals surface area contributed by atoms with Gasteiger partial charge in [0.1, 0.15) is 0 Å². The minimum absolute atomic E-state index is 0.778. The molecule has 0 heterocycles. The first kappa shape index (κ1) is 18.0. The van der Waals surface area contributed by atoms with Gasteiger partial charge in [-0.25, -0.2) is 0 Å². The Balaban J connectivity index is 1.92. The molecule has 1 aliphatic carbocycles. The van der Waals surface area contributed by atoms with Crippen molar-refractivity contribution in [3.63, 3.8) is 0 Å². The summed E-state index contributed by atoms with van der Waals surface area (Å²) in [6, 6.07) is 9.35. The largest absolute Gasteiger partial charge is 0.344 e. The number of rotatable bonds is 3. The van der Waals surface area contributed by atoms with E-state index in [-0.39, 0.29) is 0 Å². The van der Waals surface area contributed by atoms with E-state index in [9.17, 15) is 0 Å². The average Bonchev–Trinajstić information content (AvgIpc) is 2.65. The van der Waals surface area contributed by atoms with Gasteiger partial charge in [0.15, 0.2) is 0 Å². The third-order valence-corrected chi connectivity index (χ3v) is 6.65. The lowest BCUT2D eigenvalue weighted by molar-refractivity contribution is 0.443. The van der Waals surface area contributed by atoms with E-state index in [1.807, 2.05) is 0 Å². The standard InChI is InChI=1S/C24H33N/c1-16-17(2)19(4)24(20(5)18(16)3)25(6)23-14-12-22(13-15-23)21-10-8-7-9-11-21/h12-15,21H,7-11H2,1-6H3. The van der Waals surface area contributed by atoms with Crippen LogP contribution in [0.3, 0.4) is 0 Å². The van der Waals surface area contributed by atoms with Crippen molar-refractivity contribution < 1.29 is 0 Å². The highest BCUT2D eigenvalue weighted by Gasteiger charge is 2.18. The minimum atomic E-state index is 0.778. The van der Waals surface area contributed by atoms with E-state index in [1.54, 1.807) is 0 Å². The third-order valence-electron chi connectivity index (χ3n) is 6.65. The number of hydrogen-bond donors (Lipinski definition) is 0. The first-order valence-electron chi connectivity index (χ1n) is 9.82. The van der Waals surface area contributed by atoms with Gasteiger partial charge in [0, 0.05) is 18.4 Å². The van der Waals surface area contributed by atoms with E-state index in [1.165, 1.54) is 76.9 Å². The van der Waals surface area contributed by atoms with Crippen molar-refractivity contribution in [2.45, 2.75) is 72.6 Å². The summed E-state index contributed by atoms with van der Waals surface area (Å²) in [4.78, 5) is 2.37. The van der Waals surface area contributed by atoms with Crippen LogP contribution in [0.5, 0.6) is 0 Å². The second-order valence-corrected chi connectivity index (χ2v) is 7.96. The monoisotopic (exact) mass is 335 g/mol. The molecule has 25 heavy (non-hydrogen) atoms. The first-order chi connectivity index (χ1) is 11.9. The lowest BCUT2D eigenvalue weighted by Gasteiger charge is -2.28. The van der Waals surface area contributed by atoms with Crippen LogP contribution < -0.4 is 4.90 Å². The van der Waals surface area contributed by atoms with Gasteiger partial charge in [-0.3, -0.25) is 0 Å². The summed E-state index contributed by atoms with van der Waals surface area (Å²) >= 11 is 0. The van der Waals surface area contributed by atoms with Gasteiger partial charge in [0.25, 0.3) is 0 Å². The SMILES string of the molecule is Cc1c(C)c(C)c(N(C)c2ccc(C3CCCCC3)cc2)c(C)c1C. The molecule has 1 nitrogen and oxygen atoms in total. The van der Waals surface area contributed by atoms with Crippen molar-refractivity contribution in [3.05, 3.63) is 57.6 Å². The van der Waals surface area contributed by atoms with Crippen molar-refractivity contribution in [2.75, 3.05) is 11.9 Å². The Bertz CT molecular complexity index is 720. The van der Waals surface area contributed by atoms with Crippen molar-refractivity contribution in [1.82, 2.24) is 0 Å². The third kappa shape index (κ3) is 3.34. The van der Waals surface area contributed by atoms with Crippen LogP contribution in [0.2, 0.25) is 0 Å². The predicted molar refractivity (Wildman–Crippen MR) is 110 cm³/mol. The summed E-state index contributed by atoms with van der Waals surface area (Å²) in [5, 5.41) is 0. The zero-order valence-corrected chi connectivity index (χ0v) is 16.9. The van der Waals surface area contributed by atoms with Crippen molar-refractivity contribution in [3.8, 4) is 0 Å². The Morgan fingerprint density at radius 3 is 1.68 bits per heavy atom. The fourth-order valence-corrected chi connectivity index (χ4v) is 4.52. The van der Waals surface area contributed by atoms with Crippen LogP contribution in [0.15, 0.2) is 24.3 Å². The van der Waals surface area contributed by atoms with Gasteiger partial charge in [0.2, 0.25) is 0 Å². The van der Waals surface area contributed by atoms with E-state index in [0.717, 1.165) is 5.92 Å². The zero-order valence-electron chi connectivity index (χ0n) is 16.9. The summed E-state index contributed by atoms with van der Waals surface area (Å²) in [5.41, 5.74) is 11.3. The second-order valence-electron chi connectivity index (χ2n) is 7.96. The molecule has 0 saturated heterocycles. The van der Waals surface area contributed by atoms with Gasteiger partial charge in [-0.2, -0.15) is 0 Å². The highest BCUT2D eigenvalue weighted by atomic mass is 15.1. The minimum Gasteiger partial charge on any atom is -0.344 e. The van der Waals surface area contributed by atoms with E-state index in [0.29, 0.717) is 0 Å². The van der Waals surface area contributed by atoms with Gasteiger partial charge in [-0.15, -0.1) is 0 Å². The molecule has 3 rings (SSSR count). The molecular weight excluding hydrogens is 302 g/mol. The Kier molecular flexibility index (Phi) is 5.22. The average molecular weight is 336 g/mol. The summed E-state index contributed by atoms with van der Waals surface area (Å²) in [5.74, 6) is 0.778. The first-order valence-corrected chi connectivity index (χ1v) is 9.82. The molecule has 0 radical (unpaired) electrons. The molecule has 134 valence electrons.